The van der Waals surface area contributed by atoms with E-state index in [0.717, 1.165) is 24.5 Å². The fourth-order valence-electron chi connectivity index (χ4n) is 3.58. The maximum atomic E-state index is 12.8. The van der Waals surface area contributed by atoms with Crippen molar-refractivity contribution in [2.75, 3.05) is 39.3 Å². The smallest absolute Gasteiger partial charge is 0.410 e. The molecule has 1 aromatic heterocycles. The minimum Gasteiger partial charge on any atom is -0.444 e. The van der Waals surface area contributed by atoms with Crippen molar-refractivity contribution in [3.05, 3.63) is 11.6 Å². The van der Waals surface area contributed by atoms with Crippen molar-refractivity contribution in [1.29, 1.82) is 0 Å². The molecular weight excluding hydrogens is 376 g/mol. The number of hydrogen-bond donors (Lipinski definition) is 1. The number of ether oxygens (including phenoxy) is 1. The van der Waals surface area contributed by atoms with Gasteiger partial charge in [0.15, 0.2) is 5.82 Å². The molecule has 10 nitrogen and oxygen atoms in total. The molecule has 0 aliphatic carbocycles. The van der Waals surface area contributed by atoms with Gasteiger partial charge in [0.25, 0.3) is 0 Å². The van der Waals surface area contributed by atoms with Crippen LogP contribution in [-0.2, 0) is 14.3 Å². The number of amides is 3. The summed E-state index contributed by atoms with van der Waals surface area (Å²) in [7, 11) is 0. The van der Waals surface area contributed by atoms with E-state index in [2.05, 4.69) is 15.2 Å². The van der Waals surface area contributed by atoms with Crippen molar-refractivity contribution in [1.82, 2.24) is 29.9 Å². The third-order valence-electron chi connectivity index (χ3n) is 5.05. The molecular formula is C19H30N6O4. The molecule has 2 aliphatic heterocycles. The van der Waals surface area contributed by atoms with Gasteiger partial charge in [-0.25, -0.2) is 9.78 Å². The van der Waals surface area contributed by atoms with E-state index in [4.69, 9.17) is 4.74 Å². The van der Waals surface area contributed by atoms with E-state index in [1.54, 1.807) is 25.7 Å². The second-order valence-electron chi connectivity index (χ2n) is 8.68. The molecule has 1 aromatic rings. The third kappa shape index (κ3) is 5.45. The molecule has 3 amide bonds. The van der Waals surface area contributed by atoms with E-state index >= 15 is 0 Å². The first-order chi connectivity index (χ1) is 13.6. The summed E-state index contributed by atoms with van der Waals surface area (Å²) in [5, 5.41) is 7.07. The number of carbonyl (C=O) groups is 3. The van der Waals surface area contributed by atoms with E-state index in [0.29, 0.717) is 26.2 Å². The number of hydrogen-bond acceptors (Lipinski definition) is 6. The molecule has 0 bridgehead atoms. The monoisotopic (exact) mass is 406 g/mol. The van der Waals surface area contributed by atoms with Crippen LogP contribution >= 0.6 is 0 Å². The van der Waals surface area contributed by atoms with E-state index in [9.17, 15) is 14.4 Å². The van der Waals surface area contributed by atoms with Crippen LogP contribution in [0.5, 0.6) is 0 Å². The molecule has 2 saturated heterocycles. The Labute approximate surface area is 170 Å². The van der Waals surface area contributed by atoms with Crippen LogP contribution in [0.2, 0.25) is 0 Å². The summed E-state index contributed by atoms with van der Waals surface area (Å²) in [5.41, 5.74) is -0.611. The molecule has 29 heavy (non-hydrogen) atoms. The molecule has 2 aliphatic rings. The highest BCUT2D eigenvalue weighted by Crippen LogP contribution is 2.24. The Morgan fingerprint density at radius 2 is 1.97 bits per heavy atom. The van der Waals surface area contributed by atoms with Gasteiger partial charge in [-0.15, -0.1) is 0 Å². The second kappa shape index (κ2) is 8.38. The summed E-state index contributed by atoms with van der Waals surface area (Å²) in [5.74, 6) is 1.28. The van der Waals surface area contributed by atoms with Gasteiger partial charge in [-0.1, -0.05) is 0 Å². The molecule has 1 atom stereocenters. The number of piperazine rings is 1. The number of likely N-dealkylation sites (tertiary alicyclic amines) is 1. The summed E-state index contributed by atoms with van der Waals surface area (Å²) >= 11 is 0. The molecule has 3 rings (SSSR count). The zero-order valence-corrected chi connectivity index (χ0v) is 17.6. The van der Waals surface area contributed by atoms with Gasteiger partial charge in [-0.2, -0.15) is 5.10 Å². The van der Waals surface area contributed by atoms with Gasteiger partial charge in [0.2, 0.25) is 11.8 Å². The van der Waals surface area contributed by atoms with E-state index in [1.807, 2.05) is 6.92 Å². The number of carbonyl (C=O) groups excluding carboxylic acids is 3. The van der Waals surface area contributed by atoms with Crippen LogP contribution in [-0.4, -0.2) is 92.7 Å². The molecule has 1 N–H and O–H groups in total. The molecule has 0 spiro atoms. The summed E-state index contributed by atoms with van der Waals surface area (Å²) < 4.78 is 5.32. The molecule has 0 radical (unpaired) electrons. The van der Waals surface area contributed by atoms with Crippen molar-refractivity contribution in [2.45, 2.75) is 52.1 Å². The zero-order chi connectivity index (χ0) is 21.2. The highest BCUT2D eigenvalue weighted by Gasteiger charge is 2.33. The van der Waals surface area contributed by atoms with Crippen LogP contribution in [0.4, 0.5) is 4.79 Å². The zero-order valence-electron chi connectivity index (χ0n) is 17.6. The average molecular weight is 406 g/mol. The Balaban J connectivity index is 1.52. The lowest BCUT2D eigenvalue weighted by Gasteiger charge is -2.37. The Morgan fingerprint density at radius 1 is 1.21 bits per heavy atom. The molecule has 3 heterocycles. The quantitative estimate of drug-likeness (QED) is 0.798. The highest BCUT2D eigenvalue weighted by atomic mass is 16.6. The summed E-state index contributed by atoms with van der Waals surface area (Å²) in [6.45, 7) is 9.07. The fourth-order valence-corrected chi connectivity index (χ4v) is 3.58. The van der Waals surface area contributed by atoms with Gasteiger partial charge < -0.3 is 14.5 Å². The Kier molecular flexibility index (Phi) is 6.09. The predicted octanol–water partition coefficient (Wildman–Crippen LogP) is 0.898. The Hall–Kier alpha value is -2.65. The van der Waals surface area contributed by atoms with Crippen LogP contribution < -0.4 is 0 Å². The van der Waals surface area contributed by atoms with E-state index in [1.165, 1.54) is 9.80 Å². The minimum atomic E-state index is -0.611. The number of aryl methyl sites for hydroxylation is 1. The third-order valence-corrected chi connectivity index (χ3v) is 5.05. The van der Waals surface area contributed by atoms with Gasteiger partial charge in [-0.3, -0.25) is 19.6 Å². The Morgan fingerprint density at radius 3 is 2.59 bits per heavy atom. The van der Waals surface area contributed by atoms with Crippen LogP contribution in [0.1, 0.15) is 51.2 Å². The molecule has 10 heteroatoms. The minimum absolute atomic E-state index is 0.0285. The maximum Gasteiger partial charge on any atom is 0.410 e. The SMILES string of the molecule is Cc1nc([C@@H]2CCCN(C(=O)CN3CCN(C(=O)OC(C)(C)C)CC3=O)C2)n[nH]1. The van der Waals surface area contributed by atoms with Gasteiger partial charge in [0.1, 0.15) is 18.0 Å². The van der Waals surface area contributed by atoms with Gasteiger partial charge >= 0.3 is 6.09 Å². The van der Waals surface area contributed by atoms with Crippen LogP contribution in [0, 0.1) is 6.92 Å². The van der Waals surface area contributed by atoms with Gasteiger partial charge in [0.05, 0.1) is 6.54 Å². The second-order valence-corrected chi connectivity index (χ2v) is 8.68. The molecule has 160 valence electrons. The highest BCUT2D eigenvalue weighted by molar-refractivity contribution is 5.88. The number of aromatic nitrogens is 3. The average Bonchev–Trinajstić information content (AvgIpc) is 3.08. The van der Waals surface area contributed by atoms with Gasteiger partial charge in [0, 0.05) is 32.1 Å². The van der Waals surface area contributed by atoms with E-state index in [-0.39, 0.29) is 30.8 Å². The first kappa shape index (κ1) is 21.1. The lowest BCUT2D eigenvalue weighted by atomic mass is 9.97. The first-order valence-corrected chi connectivity index (χ1v) is 10.0. The van der Waals surface area contributed by atoms with Gasteiger partial charge in [-0.05, 0) is 40.5 Å². The number of piperidine rings is 1. The maximum absolute atomic E-state index is 12.8. The standard InChI is InChI=1S/C19H30N6O4/c1-13-20-17(22-21-13)14-6-5-7-23(10-14)15(26)11-24-8-9-25(12-16(24)27)18(28)29-19(2,3)4/h14H,5-12H2,1-4H3,(H,20,21,22)/t14-/m1/s1. The molecule has 0 saturated carbocycles. The first-order valence-electron chi connectivity index (χ1n) is 10.0. The van der Waals surface area contributed by atoms with Crippen molar-refractivity contribution >= 4 is 17.9 Å². The molecule has 2 fully saturated rings. The normalized spacial score (nSPS) is 20.8. The van der Waals surface area contributed by atoms with E-state index < -0.39 is 11.7 Å². The molecule has 0 unspecified atom stereocenters. The largest absolute Gasteiger partial charge is 0.444 e. The van der Waals surface area contributed by atoms with Crippen LogP contribution in [0.25, 0.3) is 0 Å². The number of rotatable bonds is 3. The Bertz CT molecular complexity index is 771. The number of H-pyrrole nitrogens is 1. The van der Waals surface area contributed by atoms with Crippen molar-refractivity contribution < 1.29 is 19.1 Å². The fraction of sp³-hybridized carbons (Fsp3) is 0.737. The predicted molar refractivity (Wildman–Crippen MR) is 104 cm³/mol. The summed E-state index contributed by atoms with van der Waals surface area (Å²) in [6, 6.07) is 0. The lowest BCUT2D eigenvalue weighted by Crippen LogP contribution is -2.55. The number of aromatic amines is 1. The summed E-state index contributed by atoms with van der Waals surface area (Å²) in [4.78, 5) is 46.5. The molecule has 0 aromatic carbocycles. The van der Waals surface area contributed by atoms with Crippen molar-refractivity contribution in [2.24, 2.45) is 0 Å². The van der Waals surface area contributed by atoms with Crippen molar-refractivity contribution in [3.63, 3.8) is 0 Å². The van der Waals surface area contributed by atoms with Crippen molar-refractivity contribution in [3.8, 4) is 0 Å². The number of nitrogens with zero attached hydrogens (tertiary/aromatic N) is 5. The van der Waals surface area contributed by atoms with Crippen LogP contribution in [0.3, 0.4) is 0 Å². The topological polar surface area (TPSA) is 112 Å². The lowest BCUT2D eigenvalue weighted by molar-refractivity contribution is -0.144. The number of nitrogens with one attached hydrogen (secondary N) is 1. The summed E-state index contributed by atoms with van der Waals surface area (Å²) in [6.07, 6.45) is 1.32. The van der Waals surface area contributed by atoms with Crippen LogP contribution in [0.15, 0.2) is 0 Å².